The molecule has 4 nitrogen and oxygen atoms in total. The number of rotatable bonds is 3. The van der Waals surface area contributed by atoms with E-state index in [4.69, 9.17) is 34.8 Å². The van der Waals surface area contributed by atoms with Crippen LogP contribution in [0.4, 0.5) is 5.69 Å². The highest BCUT2D eigenvalue weighted by Gasteiger charge is 2.20. The Kier molecular flexibility index (Phi) is 4.95. The molecule has 112 valence electrons. The van der Waals surface area contributed by atoms with Crippen LogP contribution in [0, 0.1) is 0 Å². The summed E-state index contributed by atoms with van der Waals surface area (Å²) in [5.74, 6) is -0.407. The van der Waals surface area contributed by atoms with Crippen LogP contribution in [0.3, 0.4) is 0 Å². The molecule has 0 atom stereocenters. The smallest absolute Gasteiger partial charge is 0.261 e. The van der Waals surface area contributed by atoms with Gasteiger partial charge in [-0.2, -0.15) is 0 Å². The molecule has 2 aromatic rings. The van der Waals surface area contributed by atoms with Crippen molar-refractivity contribution in [2.45, 2.75) is 4.90 Å². The van der Waals surface area contributed by atoms with Crippen LogP contribution in [0.15, 0.2) is 39.7 Å². The summed E-state index contributed by atoms with van der Waals surface area (Å²) in [6.45, 7) is 0. The van der Waals surface area contributed by atoms with Crippen molar-refractivity contribution >= 4 is 66.4 Å². The largest absolute Gasteiger partial charge is 0.505 e. The lowest BCUT2D eigenvalue weighted by atomic mass is 10.3. The van der Waals surface area contributed by atoms with E-state index < -0.39 is 15.8 Å². The minimum Gasteiger partial charge on any atom is -0.505 e. The van der Waals surface area contributed by atoms with Gasteiger partial charge in [-0.15, -0.1) is 0 Å². The van der Waals surface area contributed by atoms with Crippen LogP contribution in [0.1, 0.15) is 0 Å². The lowest BCUT2D eigenvalue weighted by molar-refractivity contribution is 0.476. The van der Waals surface area contributed by atoms with Gasteiger partial charge in [0.05, 0.1) is 20.6 Å². The molecule has 2 N–H and O–H groups in total. The molecule has 9 heteroatoms. The van der Waals surface area contributed by atoms with E-state index >= 15 is 0 Å². The van der Waals surface area contributed by atoms with Gasteiger partial charge in [-0.3, -0.25) is 4.72 Å². The van der Waals surface area contributed by atoms with E-state index in [1.165, 1.54) is 18.2 Å². The van der Waals surface area contributed by atoms with Crippen molar-refractivity contribution in [2.24, 2.45) is 0 Å². The summed E-state index contributed by atoms with van der Waals surface area (Å²) in [6.07, 6.45) is 0. The molecule has 2 aromatic carbocycles. The number of phenolic OH excluding ortho intramolecular Hbond substituents is 1. The van der Waals surface area contributed by atoms with Crippen LogP contribution in [0.25, 0.3) is 0 Å². The van der Waals surface area contributed by atoms with Crippen molar-refractivity contribution in [1.82, 2.24) is 0 Å². The third kappa shape index (κ3) is 3.57. The van der Waals surface area contributed by atoms with Crippen molar-refractivity contribution in [3.05, 3.63) is 49.9 Å². The summed E-state index contributed by atoms with van der Waals surface area (Å²) in [7, 11) is -3.85. The van der Waals surface area contributed by atoms with Gasteiger partial charge in [-0.05, 0) is 30.3 Å². The van der Waals surface area contributed by atoms with Crippen LogP contribution in [-0.2, 0) is 10.0 Å². The van der Waals surface area contributed by atoms with E-state index in [1.54, 1.807) is 12.1 Å². The second-order valence-corrected chi connectivity index (χ2v) is 7.70. The Morgan fingerprint density at radius 2 is 1.62 bits per heavy atom. The Bertz CT molecular complexity index is 794. The molecule has 0 radical (unpaired) electrons. The van der Waals surface area contributed by atoms with Gasteiger partial charge in [0.2, 0.25) is 0 Å². The van der Waals surface area contributed by atoms with E-state index in [0.717, 1.165) is 4.47 Å². The van der Waals surface area contributed by atoms with Crippen molar-refractivity contribution in [1.29, 1.82) is 0 Å². The Labute approximate surface area is 144 Å². The number of phenols is 1. The standard InChI is InChI=1S/C12H7BrCl3NO3S/c13-6-1-3-7(4-2-6)21(19,20)17-9-5-8(14)12(18)11(16)10(9)15/h1-5,17-18H. The molecule has 0 aliphatic heterocycles. The molecule has 0 saturated heterocycles. The second-order valence-electron chi connectivity index (χ2n) is 3.94. The molecule has 0 bridgehead atoms. The molecule has 0 aliphatic carbocycles. The van der Waals surface area contributed by atoms with E-state index in [9.17, 15) is 13.5 Å². The SMILES string of the molecule is O=S(=O)(Nc1cc(Cl)c(O)c(Cl)c1Cl)c1ccc(Br)cc1. The molecule has 21 heavy (non-hydrogen) atoms. The second kappa shape index (κ2) is 6.22. The zero-order valence-corrected chi connectivity index (χ0v) is 14.7. The van der Waals surface area contributed by atoms with Crippen molar-refractivity contribution < 1.29 is 13.5 Å². The molecule has 0 unspecified atom stereocenters. The Balaban J connectivity index is 2.44. The van der Waals surface area contributed by atoms with Crippen LogP contribution < -0.4 is 4.72 Å². The number of hydrogen-bond acceptors (Lipinski definition) is 3. The van der Waals surface area contributed by atoms with Crippen molar-refractivity contribution in [3.8, 4) is 5.75 Å². The van der Waals surface area contributed by atoms with Crippen molar-refractivity contribution in [3.63, 3.8) is 0 Å². The molecule has 0 heterocycles. The van der Waals surface area contributed by atoms with Gasteiger partial charge in [-0.25, -0.2) is 8.42 Å². The van der Waals surface area contributed by atoms with Gasteiger partial charge >= 0.3 is 0 Å². The highest BCUT2D eigenvalue weighted by molar-refractivity contribution is 9.10. The molecule has 0 fully saturated rings. The summed E-state index contributed by atoms with van der Waals surface area (Å²) < 4.78 is 27.5. The van der Waals surface area contributed by atoms with E-state index in [0.29, 0.717) is 0 Å². The molecular weight excluding hydrogens is 424 g/mol. The van der Waals surface area contributed by atoms with Crippen molar-refractivity contribution in [2.75, 3.05) is 4.72 Å². The zero-order valence-electron chi connectivity index (χ0n) is 10.1. The van der Waals surface area contributed by atoms with Gasteiger partial charge in [0.1, 0.15) is 5.02 Å². The average molecular weight is 432 g/mol. The van der Waals surface area contributed by atoms with Gasteiger partial charge in [0.25, 0.3) is 10.0 Å². The Hall–Kier alpha value is -0.660. The topological polar surface area (TPSA) is 66.4 Å². The van der Waals surface area contributed by atoms with E-state index in [-0.39, 0.29) is 25.7 Å². The van der Waals surface area contributed by atoms with Crippen LogP contribution in [-0.4, -0.2) is 13.5 Å². The molecule has 0 aromatic heterocycles. The number of nitrogens with one attached hydrogen (secondary N) is 1. The normalized spacial score (nSPS) is 11.4. The minimum atomic E-state index is -3.85. The van der Waals surface area contributed by atoms with Gasteiger partial charge in [0.15, 0.2) is 5.75 Å². The average Bonchev–Trinajstić information content (AvgIpc) is 2.42. The van der Waals surface area contributed by atoms with Crippen LogP contribution >= 0.6 is 50.7 Å². The monoisotopic (exact) mass is 429 g/mol. The first-order valence-electron chi connectivity index (χ1n) is 5.37. The fraction of sp³-hybridized carbons (Fsp3) is 0. The molecule has 0 spiro atoms. The maximum Gasteiger partial charge on any atom is 0.261 e. The maximum atomic E-state index is 12.2. The third-order valence-corrected chi connectivity index (χ3v) is 5.56. The summed E-state index contributed by atoms with van der Waals surface area (Å²) in [4.78, 5) is 0.0436. The highest BCUT2D eigenvalue weighted by Crippen LogP contribution is 2.42. The number of halogens is 4. The predicted octanol–water partition coefficient (Wildman–Crippen LogP) is 4.92. The lowest BCUT2D eigenvalue weighted by Gasteiger charge is -2.12. The number of hydrogen-bond donors (Lipinski definition) is 2. The molecule has 0 saturated carbocycles. The molecule has 0 aliphatic rings. The lowest BCUT2D eigenvalue weighted by Crippen LogP contribution is -2.13. The van der Waals surface area contributed by atoms with Gasteiger partial charge in [-0.1, -0.05) is 50.7 Å². The quantitative estimate of drug-likeness (QED) is 0.536. The minimum absolute atomic E-state index is 0.0209. The van der Waals surface area contributed by atoms with Crippen LogP contribution in [0.2, 0.25) is 15.1 Å². The van der Waals surface area contributed by atoms with Gasteiger partial charge in [0, 0.05) is 4.47 Å². The molecule has 2 rings (SSSR count). The highest BCUT2D eigenvalue weighted by atomic mass is 79.9. The van der Waals surface area contributed by atoms with Gasteiger partial charge < -0.3 is 5.11 Å². The first kappa shape index (κ1) is 16.7. The first-order chi connectivity index (χ1) is 9.72. The Morgan fingerprint density at radius 1 is 1.05 bits per heavy atom. The van der Waals surface area contributed by atoms with E-state index in [1.807, 2.05) is 0 Å². The summed E-state index contributed by atoms with van der Waals surface area (Å²) >= 11 is 20.7. The number of benzene rings is 2. The maximum absolute atomic E-state index is 12.2. The summed E-state index contributed by atoms with van der Waals surface area (Å²) in [5.41, 5.74) is -0.0209. The Morgan fingerprint density at radius 3 is 2.19 bits per heavy atom. The molecular formula is C12H7BrCl3NO3S. The first-order valence-corrected chi connectivity index (χ1v) is 8.78. The zero-order chi connectivity index (χ0) is 15.8. The summed E-state index contributed by atoms with van der Waals surface area (Å²) in [5, 5.41) is 9.05. The third-order valence-electron chi connectivity index (χ3n) is 2.50. The number of anilines is 1. The number of sulfonamides is 1. The fourth-order valence-corrected chi connectivity index (χ4v) is 3.51. The van der Waals surface area contributed by atoms with Crippen LogP contribution in [0.5, 0.6) is 5.75 Å². The number of aromatic hydroxyl groups is 1. The molecule has 0 amide bonds. The van der Waals surface area contributed by atoms with E-state index in [2.05, 4.69) is 20.7 Å². The fourth-order valence-electron chi connectivity index (χ4n) is 1.48. The predicted molar refractivity (Wildman–Crippen MR) is 88.1 cm³/mol. The summed E-state index contributed by atoms with van der Waals surface area (Å²) in [6, 6.07) is 7.20.